The number of hydrogen-bond donors (Lipinski definition) is 2. The number of carbonyl (C=O) groups excluding carboxylic acids is 2. The number of nitrogens with one attached hydrogen (secondary N) is 2. The van der Waals surface area contributed by atoms with Gasteiger partial charge in [0.05, 0.1) is 0 Å². The molecule has 0 atom stereocenters. The summed E-state index contributed by atoms with van der Waals surface area (Å²) < 4.78 is 0. The van der Waals surface area contributed by atoms with Crippen molar-refractivity contribution >= 4 is 11.8 Å². The monoisotopic (exact) mass is 733 g/mol. The fourth-order valence-electron chi connectivity index (χ4n) is 7.61. The first-order valence-electron chi connectivity index (χ1n) is 24.2. The zero-order valence-electron chi connectivity index (χ0n) is 35.9. The summed E-state index contributed by atoms with van der Waals surface area (Å²) in [5.74, 6) is 0.451. The zero-order valence-corrected chi connectivity index (χ0v) is 35.9. The maximum Gasteiger partial charge on any atom is 0.219 e. The smallest absolute Gasteiger partial charge is 0.219 e. The number of unbranched alkanes of at least 4 members (excludes halogenated alkanes) is 37. The van der Waals surface area contributed by atoms with Crippen molar-refractivity contribution in [2.24, 2.45) is 0 Å². The molecule has 0 aromatic heterocycles. The maximum absolute atomic E-state index is 12.1. The molecule has 0 aromatic rings. The Bertz CT molecular complexity index is 638. The normalized spacial score (nSPS) is 11.3. The van der Waals surface area contributed by atoms with Crippen molar-refractivity contribution in [1.29, 1.82) is 0 Å². The van der Waals surface area contributed by atoms with E-state index in [1.54, 1.807) is 0 Å². The molecule has 0 aromatic carbocycles. The van der Waals surface area contributed by atoms with Crippen molar-refractivity contribution in [3.63, 3.8) is 0 Å². The van der Waals surface area contributed by atoms with Gasteiger partial charge in [0.15, 0.2) is 0 Å². The average Bonchev–Trinajstić information content (AvgIpc) is 3.14. The topological polar surface area (TPSA) is 58.2 Å². The first-order valence-corrected chi connectivity index (χ1v) is 24.2. The second-order valence-electron chi connectivity index (χ2n) is 16.6. The van der Waals surface area contributed by atoms with E-state index >= 15 is 0 Å². The van der Waals surface area contributed by atoms with Crippen LogP contribution in [0.4, 0.5) is 0 Å². The van der Waals surface area contributed by atoms with Gasteiger partial charge in [0.1, 0.15) is 0 Å². The highest BCUT2D eigenvalue weighted by atomic mass is 16.2. The molecule has 0 heterocycles. The highest BCUT2D eigenvalue weighted by Crippen LogP contribution is 2.16. The predicted molar refractivity (Wildman–Crippen MR) is 231 cm³/mol. The molecule has 4 heteroatoms. The molecule has 0 spiro atoms. The Hall–Kier alpha value is -1.06. The van der Waals surface area contributed by atoms with Gasteiger partial charge in [-0.15, -0.1) is 0 Å². The Kier molecular flexibility index (Phi) is 45.2. The highest BCUT2D eigenvalue weighted by Gasteiger charge is 2.03. The van der Waals surface area contributed by atoms with Gasteiger partial charge < -0.3 is 10.6 Å². The van der Waals surface area contributed by atoms with Gasteiger partial charge in [-0.1, -0.05) is 245 Å². The van der Waals surface area contributed by atoms with Gasteiger partial charge in [0.2, 0.25) is 11.8 Å². The lowest BCUT2D eigenvalue weighted by atomic mass is 10.0. The van der Waals surface area contributed by atoms with Crippen LogP contribution in [0.25, 0.3) is 0 Å². The lowest BCUT2D eigenvalue weighted by Gasteiger charge is -2.07. The van der Waals surface area contributed by atoms with Crippen molar-refractivity contribution in [2.45, 2.75) is 284 Å². The third-order valence-corrected chi connectivity index (χ3v) is 11.3. The molecule has 0 aliphatic heterocycles. The molecule has 0 saturated carbocycles. The molecule has 310 valence electrons. The van der Waals surface area contributed by atoms with Crippen LogP contribution in [-0.2, 0) is 9.59 Å². The van der Waals surface area contributed by atoms with Gasteiger partial charge >= 0.3 is 0 Å². The standard InChI is InChI=1S/C48H96N2O2/c1-3-5-7-9-11-13-15-17-19-21-23-25-27-29-31-33-35-39-43-47(51)49-45-41-37-38-42-46-50-48(52)44-40-36-34-32-30-28-26-24-22-20-18-16-14-12-10-8-6-4-2/h3-46H2,1-2H3,(H,49,51)(H,50,52). The molecule has 0 unspecified atom stereocenters. The largest absolute Gasteiger partial charge is 0.356 e. The van der Waals surface area contributed by atoms with E-state index in [1.807, 2.05) is 0 Å². The summed E-state index contributed by atoms with van der Waals surface area (Å²) in [5.41, 5.74) is 0. The van der Waals surface area contributed by atoms with E-state index in [4.69, 9.17) is 0 Å². The SMILES string of the molecule is CCCCCCCCCCCCCCCCCCCCC(=O)NCCCCCCNC(=O)CCCCCCCCCCCCCCCCCCCC. The van der Waals surface area contributed by atoms with Gasteiger partial charge in [0.25, 0.3) is 0 Å². The van der Waals surface area contributed by atoms with Crippen LogP contribution in [0, 0.1) is 0 Å². The summed E-state index contributed by atoms with van der Waals surface area (Å²) in [5, 5.41) is 6.21. The fourth-order valence-corrected chi connectivity index (χ4v) is 7.61. The number of amides is 2. The minimum absolute atomic E-state index is 0.225. The van der Waals surface area contributed by atoms with Gasteiger partial charge in [-0.25, -0.2) is 0 Å². The zero-order chi connectivity index (χ0) is 37.7. The maximum atomic E-state index is 12.1. The van der Waals surface area contributed by atoms with Gasteiger partial charge in [-0.05, 0) is 25.7 Å². The van der Waals surface area contributed by atoms with Gasteiger partial charge in [0, 0.05) is 25.9 Å². The summed E-state index contributed by atoms with van der Waals surface area (Å²) in [4.78, 5) is 24.3. The van der Waals surface area contributed by atoms with Crippen molar-refractivity contribution in [1.82, 2.24) is 10.6 Å². The Labute approximate surface area is 327 Å². The molecule has 0 aliphatic carbocycles. The van der Waals surface area contributed by atoms with Crippen molar-refractivity contribution < 1.29 is 9.59 Å². The van der Waals surface area contributed by atoms with E-state index in [0.717, 1.165) is 51.6 Å². The van der Waals surface area contributed by atoms with Crippen LogP contribution in [0.3, 0.4) is 0 Å². The van der Waals surface area contributed by atoms with E-state index < -0.39 is 0 Å². The Morgan fingerprint density at radius 1 is 0.250 bits per heavy atom. The fraction of sp³-hybridized carbons (Fsp3) is 0.958. The Balaban J connectivity index is 3.23. The second-order valence-corrected chi connectivity index (χ2v) is 16.6. The highest BCUT2D eigenvalue weighted by molar-refractivity contribution is 5.76. The first kappa shape index (κ1) is 50.9. The molecule has 0 rings (SSSR count). The number of rotatable bonds is 45. The van der Waals surface area contributed by atoms with E-state index in [-0.39, 0.29) is 11.8 Å². The van der Waals surface area contributed by atoms with E-state index in [9.17, 15) is 9.59 Å². The summed E-state index contributed by atoms with van der Waals surface area (Å²) >= 11 is 0. The van der Waals surface area contributed by atoms with Crippen LogP contribution >= 0.6 is 0 Å². The minimum atomic E-state index is 0.225. The molecule has 0 saturated heterocycles. The molecule has 0 bridgehead atoms. The van der Waals surface area contributed by atoms with Gasteiger partial charge in [-0.2, -0.15) is 0 Å². The van der Waals surface area contributed by atoms with Crippen LogP contribution in [0.1, 0.15) is 284 Å². The summed E-state index contributed by atoms with van der Waals surface area (Å²) in [7, 11) is 0. The molecular weight excluding hydrogens is 637 g/mol. The molecule has 52 heavy (non-hydrogen) atoms. The molecule has 0 fully saturated rings. The third kappa shape index (κ3) is 45.1. The van der Waals surface area contributed by atoms with Crippen LogP contribution in [0.5, 0.6) is 0 Å². The second kappa shape index (κ2) is 46.1. The van der Waals surface area contributed by atoms with E-state index in [2.05, 4.69) is 24.5 Å². The Morgan fingerprint density at radius 2 is 0.423 bits per heavy atom. The predicted octanol–water partition coefficient (Wildman–Crippen LogP) is 15.6. The minimum Gasteiger partial charge on any atom is -0.356 e. The number of carbonyl (C=O) groups is 2. The summed E-state index contributed by atoms with van der Waals surface area (Å²) in [6.07, 6.45) is 55.2. The molecule has 0 radical (unpaired) electrons. The number of hydrogen-bond acceptors (Lipinski definition) is 2. The third-order valence-electron chi connectivity index (χ3n) is 11.3. The van der Waals surface area contributed by atoms with Crippen LogP contribution in [-0.4, -0.2) is 24.9 Å². The van der Waals surface area contributed by atoms with Crippen molar-refractivity contribution in [3.8, 4) is 0 Å². The van der Waals surface area contributed by atoms with Crippen LogP contribution in [0.15, 0.2) is 0 Å². The molecule has 2 N–H and O–H groups in total. The molecule has 4 nitrogen and oxygen atoms in total. The lowest BCUT2D eigenvalue weighted by molar-refractivity contribution is -0.122. The quantitative estimate of drug-likeness (QED) is 0.0613. The summed E-state index contributed by atoms with van der Waals surface area (Å²) in [6, 6.07) is 0. The summed E-state index contributed by atoms with van der Waals surface area (Å²) in [6.45, 7) is 6.18. The molecule has 2 amide bonds. The molecule has 0 aliphatic rings. The van der Waals surface area contributed by atoms with E-state index in [1.165, 1.54) is 218 Å². The molecular formula is C48H96N2O2. The van der Waals surface area contributed by atoms with Crippen molar-refractivity contribution in [3.05, 3.63) is 0 Å². The van der Waals surface area contributed by atoms with Crippen LogP contribution in [0.2, 0.25) is 0 Å². The van der Waals surface area contributed by atoms with Crippen LogP contribution < -0.4 is 10.6 Å². The van der Waals surface area contributed by atoms with Gasteiger partial charge in [-0.3, -0.25) is 9.59 Å². The van der Waals surface area contributed by atoms with E-state index in [0.29, 0.717) is 12.8 Å². The Morgan fingerprint density at radius 3 is 0.635 bits per heavy atom. The average molecular weight is 733 g/mol. The lowest BCUT2D eigenvalue weighted by Crippen LogP contribution is -2.24. The first-order chi connectivity index (χ1) is 25.7. The van der Waals surface area contributed by atoms with Crippen molar-refractivity contribution in [2.75, 3.05) is 13.1 Å².